The molecular weight excluding hydrogens is 443 g/mol. The van der Waals surface area contributed by atoms with E-state index in [0.29, 0.717) is 5.02 Å². The number of nitrogens with one attached hydrogen (secondary N) is 1. The maximum atomic E-state index is 12.9. The number of rotatable bonds is 7. The molecule has 8 heteroatoms. The predicted octanol–water partition coefficient (Wildman–Crippen LogP) is 4.67. The monoisotopic (exact) mass is 462 g/mol. The molecule has 0 radical (unpaired) electrons. The lowest BCUT2D eigenvalue weighted by Crippen LogP contribution is -2.41. The van der Waals surface area contributed by atoms with E-state index in [0.717, 1.165) is 21.7 Å². The Morgan fingerprint density at radius 1 is 0.900 bits per heavy atom. The summed E-state index contributed by atoms with van der Waals surface area (Å²) in [5, 5.41) is 3.44. The minimum atomic E-state index is -3.74. The lowest BCUT2D eigenvalue weighted by molar-refractivity contribution is -0.120. The van der Waals surface area contributed by atoms with Gasteiger partial charge in [0, 0.05) is 0 Å². The second-order valence-electron chi connectivity index (χ2n) is 6.69. The van der Waals surface area contributed by atoms with Crippen LogP contribution in [0.25, 0.3) is 0 Å². The summed E-state index contributed by atoms with van der Waals surface area (Å²) in [4.78, 5) is 12.9. The molecule has 3 rings (SSSR count). The minimum Gasteiger partial charge on any atom is -0.344 e. The number of hydrogen-bond donors (Lipinski definition) is 1. The molecule has 0 saturated carbocycles. The van der Waals surface area contributed by atoms with Crippen molar-refractivity contribution >= 4 is 44.8 Å². The van der Waals surface area contributed by atoms with Crippen LogP contribution in [0, 0.1) is 0 Å². The second-order valence-corrected chi connectivity index (χ2v) is 9.41. The van der Waals surface area contributed by atoms with E-state index in [1.54, 1.807) is 0 Å². The Morgan fingerprint density at radius 3 is 1.90 bits per heavy atom. The average molecular weight is 463 g/mol. The molecule has 0 heterocycles. The van der Waals surface area contributed by atoms with Gasteiger partial charge >= 0.3 is 0 Å². The molecule has 1 N–H and O–H groups in total. The zero-order valence-electron chi connectivity index (χ0n) is 16.1. The first-order chi connectivity index (χ1) is 14.3. The molecule has 156 valence electrons. The molecule has 30 heavy (non-hydrogen) atoms. The predicted molar refractivity (Wildman–Crippen MR) is 122 cm³/mol. The summed E-state index contributed by atoms with van der Waals surface area (Å²) in [7, 11) is -3.74. The SMILES string of the molecule is CS(=O)(=O)N(CC(=O)NC(c1ccccc1)c1ccccc1)c1ccc(Cl)c(Cl)c1. The van der Waals surface area contributed by atoms with Crippen LogP contribution in [0.15, 0.2) is 78.9 Å². The largest absolute Gasteiger partial charge is 0.344 e. The highest BCUT2D eigenvalue weighted by Crippen LogP contribution is 2.28. The van der Waals surface area contributed by atoms with Gasteiger partial charge in [0.1, 0.15) is 6.54 Å². The second kappa shape index (κ2) is 9.51. The maximum Gasteiger partial charge on any atom is 0.241 e. The normalized spacial score (nSPS) is 11.3. The highest BCUT2D eigenvalue weighted by atomic mass is 35.5. The van der Waals surface area contributed by atoms with Crippen molar-refractivity contribution in [3.05, 3.63) is 100 Å². The van der Waals surface area contributed by atoms with Gasteiger partial charge in [-0.1, -0.05) is 83.9 Å². The number of amides is 1. The first-order valence-corrected chi connectivity index (χ1v) is 11.7. The Hall–Kier alpha value is -2.54. The third kappa shape index (κ3) is 5.53. The van der Waals surface area contributed by atoms with Gasteiger partial charge in [-0.15, -0.1) is 0 Å². The van der Waals surface area contributed by atoms with Crippen LogP contribution in [-0.4, -0.2) is 27.1 Å². The van der Waals surface area contributed by atoms with Gasteiger partial charge in [0.05, 0.1) is 28.0 Å². The molecule has 1 amide bonds. The van der Waals surface area contributed by atoms with E-state index in [-0.39, 0.29) is 10.7 Å². The van der Waals surface area contributed by atoms with Gasteiger partial charge in [-0.05, 0) is 29.3 Å². The van der Waals surface area contributed by atoms with Crippen molar-refractivity contribution in [3.8, 4) is 0 Å². The molecule has 0 aliphatic carbocycles. The van der Waals surface area contributed by atoms with E-state index in [4.69, 9.17) is 23.2 Å². The van der Waals surface area contributed by atoms with Crippen molar-refractivity contribution in [2.75, 3.05) is 17.1 Å². The number of anilines is 1. The Labute approximate surface area is 186 Å². The molecule has 3 aromatic carbocycles. The fraction of sp³-hybridized carbons (Fsp3) is 0.136. The molecule has 0 fully saturated rings. The molecule has 0 bridgehead atoms. The van der Waals surface area contributed by atoms with Crippen molar-refractivity contribution in [1.82, 2.24) is 5.32 Å². The van der Waals surface area contributed by atoms with Gasteiger partial charge in [0.15, 0.2) is 0 Å². The van der Waals surface area contributed by atoms with Gasteiger partial charge in [0.2, 0.25) is 15.9 Å². The molecule has 0 saturated heterocycles. The highest BCUT2D eigenvalue weighted by Gasteiger charge is 2.24. The van der Waals surface area contributed by atoms with Crippen molar-refractivity contribution < 1.29 is 13.2 Å². The molecule has 0 atom stereocenters. The fourth-order valence-corrected chi connectivity index (χ4v) is 4.17. The van der Waals surface area contributed by atoms with Crippen molar-refractivity contribution in [1.29, 1.82) is 0 Å². The van der Waals surface area contributed by atoms with E-state index in [1.165, 1.54) is 18.2 Å². The third-order valence-electron chi connectivity index (χ3n) is 4.45. The summed E-state index contributed by atoms with van der Waals surface area (Å²) in [6.07, 6.45) is 1.04. The van der Waals surface area contributed by atoms with Crippen LogP contribution in [0.3, 0.4) is 0 Å². The van der Waals surface area contributed by atoms with E-state index in [2.05, 4.69) is 5.32 Å². The zero-order valence-corrected chi connectivity index (χ0v) is 18.5. The summed E-state index contributed by atoms with van der Waals surface area (Å²) in [6.45, 7) is -0.396. The van der Waals surface area contributed by atoms with Gasteiger partial charge in [0.25, 0.3) is 0 Å². The lowest BCUT2D eigenvalue weighted by Gasteiger charge is -2.25. The minimum absolute atomic E-state index is 0.203. The van der Waals surface area contributed by atoms with E-state index < -0.39 is 28.5 Å². The summed E-state index contributed by atoms with van der Waals surface area (Å²) < 4.78 is 25.7. The number of halogens is 2. The van der Waals surface area contributed by atoms with Crippen LogP contribution >= 0.6 is 23.2 Å². The van der Waals surface area contributed by atoms with Crippen LogP contribution in [0.1, 0.15) is 17.2 Å². The van der Waals surface area contributed by atoms with Crippen molar-refractivity contribution in [2.24, 2.45) is 0 Å². The number of benzene rings is 3. The molecule has 5 nitrogen and oxygen atoms in total. The van der Waals surface area contributed by atoms with Gasteiger partial charge < -0.3 is 5.32 Å². The summed E-state index contributed by atoms with van der Waals surface area (Å²) in [5.74, 6) is -0.454. The van der Waals surface area contributed by atoms with E-state index in [9.17, 15) is 13.2 Å². The van der Waals surface area contributed by atoms with E-state index >= 15 is 0 Å². The van der Waals surface area contributed by atoms with Crippen LogP contribution < -0.4 is 9.62 Å². The number of sulfonamides is 1. The van der Waals surface area contributed by atoms with Gasteiger partial charge in [-0.25, -0.2) is 8.42 Å². The zero-order chi connectivity index (χ0) is 21.7. The van der Waals surface area contributed by atoms with Crippen LogP contribution in [0.4, 0.5) is 5.69 Å². The first kappa shape index (κ1) is 22.2. The van der Waals surface area contributed by atoms with Gasteiger partial charge in [-0.3, -0.25) is 9.10 Å². The van der Waals surface area contributed by atoms with Crippen LogP contribution in [0.2, 0.25) is 10.0 Å². The summed E-state index contributed by atoms with van der Waals surface area (Å²) in [6, 6.07) is 23.0. The smallest absolute Gasteiger partial charge is 0.241 e. The highest BCUT2D eigenvalue weighted by molar-refractivity contribution is 7.92. The number of hydrogen-bond acceptors (Lipinski definition) is 3. The molecule has 0 aliphatic heterocycles. The first-order valence-electron chi connectivity index (χ1n) is 9.08. The average Bonchev–Trinajstić information content (AvgIpc) is 2.73. The van der Waals surface area contributed by atoms with Crippen LogP contribution in [0.5, 0.6) is 0 Å². The molecular formula is C22H20Cl2N2O3S. The molecule has 3 aromatic rings. The van der Waals surface area contributed by atoms with Crippen molar-refractivity contribution in [2.45, 2.75) is 6.04 Å². The van der Waals surface area contributed by atoms with E-state index in [1.807, 2.05) is 60.7 Å². The molecule has 0 unspecified atom stereocenters. The Bertz CT molecular complexity index is 1080. The Morgan fingerprint density at radius 2 is 1.43 bits per heavy atom. The summed E-state index contributed by atoms with van der Waals surface area (Å²) in [5.41, 5.74) is 2.04. The molecule has 0 aliphatic rings. The standard InChI is InChI=1S/C22H20Cl2N2O3S/c1-30(28,29)26(18-12-13-19(23)20(24)14-18)15-21(27)25-22(16-8-4-2-5-9-16)17-10-6-3-7-11-17/h2-14,22H,15H2,1H3,(H,25,27). The Balaban J connectivity index is 1.88. The number of carbonyl (C=O) groups is 1. The third-order valence-corrected chi connectivity index (χ3v) is 6.33. The fourth-order valence-electron chi connectivity index (χ4n) is 3.03. The number of nitrogens with zero attached hydrogens (tertiary/aromatic N) is 1. The topological polar surface area (TPSA) is 66.5 Å². The van der Waals surface area contributed by atoms with Crippen molar-refractivity contribution in [3.63, 3.8) is 0 Å². The number of carbonyl (C=O) groups excluding carboxylic acids is 1. The summed E-state index contributed by atoms with van der Waals surface area (Å²) >= 11 is 12.0. The lowest BCUT2D eigenvalue weighted by atomic mass is 9.99. The quantitative estimate of drug-likeness (QED) is 0.554. The van der Waals surface area contributed by atoms with Crippen LogP contribution in [-0.2, 0) is 14.8 Å². The Kier molecular flexibility index (Phi) is 7.02. The molecule has 0 aromatic heterocycles. The van der Waals surface area contributed by atoms with Gasteiger partial charge in [-0.2, -0.15) is 0 Å². The molecule has 0 spiro atoms. The maximum absolute atomic E-state index is 12.9.